The number of amidine groups is 1. The van der Waals surface area contributed by atoms with Crippen molar-refractivity contribution in [2.75, 3.05) is 6.54 Å². The fourth-order valence-corrected chi connectivity index (χ4v) is 1.18. The summed E-state index contributed by atoms with van der Waals surface area (Å²) < 4.78 is 0. The highest BCUT2D eigenvalue weighted by Gasteiger charge is 2.15. The van der Waals surface area contributed by atoms with E-state index in [4.69, 9.17) is 5.11 Å². The summed E-state index contributed by atoms with van der Waals surface area (Å²) in [6, 6.07) is 0.361. The zero-order valence-corrected chi connectivity index (χ0v) is 6.46. The molecule has 1 heterocycles. The van der Waals surface area contributed by atoms with Crippen LogP contribution in [0.2, 0.25) is 0 Å². The Morgan fingerprint density at radius 3 is 3.00 bits per heavy atom. The Morgan fingerprint density at radius 2 is 2.60 bits per heavy atom. The third-order valence-electron chi connectivity index (χ3n) is 1.59. The molecule has 0 spiro atoms. The Bertz CT molecular complexity index is 143. The Kier molecular flexibility index (Phi) is 2.27. The zero-order chi connectivity index (χ0) is 7.56. The molecule has 0 aromatic rings. The predicted molar refractivity (Wildman–Crippen MR) is 41.2 cm³/mol. The van der Waals surface area contributed by atoms with E-state index >= 15 is 0 Å². The van der Waals surface area contributed by atoms with Gasteiger partial charge in [-0.15, -0.1) is 0 Å². The Morgan fingerprint density at radius 1 is 1.90 bits per heavy atom. The molecule has 1 aliphatic heterocycles. The van der Waals surface area contributed by atoms with Crippen molar-refractivity contribution in [3.05, 3.63) is 0 Å². The summed E-state index contributed by atoms with van der Waals surface area (Å²) in [6.07, 6.45) is 0.569. The van der Waals surface area contributed by atoms with Crippen molar-refractivity contribution in [2.45, 2.75) is 32.4 Å². The van der Waals surface area contributed by atoms with E-state index in [1.165, 1.54) is 0 Å². The quantitative estimate of drug-likeness (QED) is 0.576. The molecule has 2 unspecified atom stereocenters. The number of rotatable bonds is 2. The lowest BCUT2D eigenvalue weighted by Gasteiger charge is -2.11. The SMILES string of the molecule is CC1=NCC(CC(C)O)N1. The van der Waals surface area contributed by atoms with Crippen molar-refractivity contribution in [2.24, 2.45) is 4.99 Å². The molecule has 2 N–H and O–H groups in total. The first-order valence-corrected chi connectivity index (χ1v) is 3.64. The van der Waals surface area contributed by atoms with E-state index in [9.17, 15) is 0 Å². The lowest BCUT2D eigenvalue weighted by Crippen LogP contribution is -2.31. The van der Waals surface area contributed by atoms with Gasteiger partial charge in [-0.2, -0.15) is 0 Å². The monoisotopic (exact) mass is 142 g/mol. The first-order valence-electron chi connectivity index (χ1n) is 3.64. The standard InChI is InChI=1S/C7H14N2O/c1-5(10)3-7-4-8-6(2)9-7/h5,7,10H,3-4H2,1-2H3,(H,8,9). The van der Waals surface area contributed by atoms with Crippen LogP contribution in [0.3, 0.4) is 0 Å². The van der Waals surface area contributed by atoms with Gasteiger partial charge in [-0.25, -0.2) is 0 Å². The van der Waals surface area contributed by atoms with E-state index in [-0.39, 0.29) is 6.10 Å². The van der Waals surface area contributed by atoms with Gasteiger partial charge < -0.3 is 10.4 Å². The third kappa shape index (κ3) is 1.99. The van der Waals surface area contributed by atoms with Crippen molar-refractivity contribution in [1.29, 1.82) is 0 Å². The van der Waals surface area contributed by atoms with Crippen LogP contribution in [-0.2, 0) is 0 Å². The fraction of sp³-hybridized carbons (Fsp3) is 0.857. The van der Waals surface area contributed by atoms with Crippen LogP contribution in [0.15, 0.2) is 4.99 Å². The van der Waals surface area contributed by atoms with Crippen LogP contribution in [0, 0.1) is 0 Å². The highest BCUT2D eigenvalue weighted by molar-refractivity contribution is 5.81. The summed E-state index contributed by atoms with van der Waals surface area (Å²) in [6.45, 7) is 4.56. The molecule has 0 amide bonds. The molecule has 0 bridgehead atoms. The van der Waals surface area contributed by atoms with Gasteiger partial charge in [0.2, 0.25) is 0 Å². The topological polar surface area (TPSA) is 44.6 Å². The summed E-state index contributed by atoms with van der Waals surface area (Å²) in [4.78, 5) is 4.17. The first-order chi connectivity index (χ1) is 4.68. The minimum atomic E-state index is -0.224. The molecule has 2 atom stereocenters. The third-order valence-corrected chi connectivity index (χ3v) is 1.59. The van der Waals surface area contributed by atoms with Gasteiger partial charge in [-0.05, 0) is 20.3 Å². The molecule has 3 heteroatoms. The summed E-state index contributed by atoms with van der Waals surface area (Å²) >= 11 is 0. The van der Waals surface area contributed by atoms with Gasteiger partial charge in [-0.3, -0.25) is 4.99 Å². The van der Waals surface area contributed by atoms with E-state index in [0.717, 1.165) is 18.8 Å². The van der Waals surface area contributed by atoms with Gasteiger partial charge in [0.15, 0.2) is 0 Å². The zero-order valence-electron chi connectivity index (χ0n) is 6.46. The molecule has 0 aromatic heterocycles. The van der Waals surface area contributed by atoms with Crippen LogP contribution >= 0.6 is 0 Å². The number of aliphatic imine (C=N–C) groups is 1. The minimum absolute atomic E-state index is 0.224. The summed E-state index contributed by atoms with van der Waals surface area (Å²) in [7, 11) is 0. The van der Waals surface area contributed by atoms with Crippen molar-refractivity contribution >= 4 is 5.84 Å². The van der Waals surface area contributed by atoms with Crippen LogP contribution in [0.5, 0.6) is 0 Å². The number of hydrogen-bond donors (Lipinski definition) is 2. The van der Waals surface area contributed by atoms with Gasteiger partial charge in [0.1, 0.15) is 0 Å². The molecule has 0 aromatic carbocycles. The van der Waals surface area contributed by atoms with Gasteiger partial charge >= 0.3 is 0 Å². The molecule has 1 aliphatic rings. The molecule has 0 saturated carbocycles. The van der Waals surface area contributed by atoms with E-state index in [2.05, 4.69) is 10.3 Å². The van der Waals surface area contributed by atoms with E-state index in [1.807, 2.05) is 6.92 Å². The molecule has 0 aliphatic carbocycles. The average molecular weight is 142 g/mol. The number of nitrogens with zero attached hydrogens (tertiary/aromatic N) is 1. The highest BCUT2D eigenvalue weighted by atomic mass is 16.3. The fourth-order valence-electron chi connectivity index (χ4n) is 1.18. The summed E-state index contributed by atoms with van der Waals surface area (Å²) in [5.41, 5.74) is 0. The van der Waals surface area contributed by atoms with E-state index < -0.39 is 0 Å². The smallest absolute Gasteiger partial charge is 0.0935 e. The normalized spacial score (nSPS) is 27.5. The molecule has 10 heavy (non-hydrogen) atoms. The molecule has 0 radical (unpaired) electrons. The average Bonchev–Trinajstić information content (AvgIpc) is 2.13. The molecule has 58 valence electrons. The number of hydrogen-bond acceptors (Lipinski definition) is 3. The van der Waals surface area contributed by atoms with Crippen LogP contribution in [0.1, 0.15) is 20.3 Å². The van der Waals surface area contributed by atoms with Gasteiger partial charge in [0.05, 0.1) is 18.5 Å². The molecule has 0 saturated heterocycles. The minimum Gasteiger partial charge on any atom is -0.393 e. The number of aliphatic hydroxyl groups excluding tert-OH is 1. The van der Waals surface area contributed by atoms with E-state index in [0.29, 0.717) is 6.04 Å². The highest BCUT2D eigenvalue weighted by Crippen LogP contribution is 2.03. The van der Waals surface area contributed by atoms with Crippen molar-refractivity contribution < 1.29 is 5.11 Å². The Labute approximate surface area is 61.2 Å². The first kappa shape index (κ1) is 7.54. The van der Waals surface area contributed by atoms with Crippen LogP contribution < -0.4 is 5.32 Å². The van der Waals surface area contributed by atoms with Crippen molar-refractivity contribution in [3.8, 4) is 0 Å². The Hall–Kier alpha value is -0.570. The van der Waals surface area contributed by atoms with Crippen LogP contribution in [0.25, 0.3) is 0 Å². The summed E-state index contributed by atoms with van der Waals surface area (Å²) in [5, 5.41) is 12.2. The molecular formula is C7H14N2O. The van der Waals surface area contributed by atoms with Crippen molar-refractivity contribution in [3.63, 3.8) is 0 Å². The van der Waals surface area contributed by atoms with E-state index in [1.54, 1.807) is 6.92 Å². The van der Waals surface area contributed by atoms with Gasteiger partial charge in [-0.1, -0.05) is 0 Å². The molecular weight excluding hydrogens is 128 g/mol. The maximum absolute atomic E-state index is 9.01. The lowest BCUT2D eigenvalue weighted by molar-refractivity contribution is 0.174. The second-order valence-corrected chi connectivity index (χ2v) is 2.85. The molecule has 1 rings (SSSR count). The predicted octanol–water partition coefficient (Wildman–Crippen LogP) is 0.148. The van der Waals surface area contributed by atoms with Crippen LogP contribution in [0.4, 0.5) is 0 Å². The Balaban J connectivity index is 2.23. The summed E-state index contributed by atoms with van der Waals surface area (Å²) in [5.74, 6) is 0.991. The van der Waals surface area contributed by atoms with Crippen molar-refractivity contribution in [1.82, 2.24) is 5.32 Å². The maximum atomic E-state index is 9.01. The second kappa shape index (κ2) is 3.01. The largest absolute Gasteiger partial charge is 0.393 e. The van der Waals surface area contributed by atoms with Gasteiger partial charge in [0.25, 0.3) is 0 Å². The van der Waals surface area contributed by atoms with Gasteiger partial charge in [0, 0.05) is 6.04 Å². The molecule has 0 fully saturated rings. The number of aliphatic hydroxyl groups is 1. The van der Waals surface area contributed by atoms with Crippen LogP contribution in [-0.4, -0.2) is 29.6 Å². The lowest BCUT2D eigenvalue weighted by atomic mass is 10.1. The number of nitrogens with one attached hydrogen (secondary N) is 1. The maximum Gasteiger partial charge on any atom is 0.0935 e. The molecule has 3 nitrogen and oxygen atoms in total. The second-order valence-electron chi connectivity index (χ2n) is 2.85.